The average Bonchev–Trinajstić information content (AvgIpc) is 2.52. The standard InChI is InChI=1S/C17H18INO2/c1-3-16(12-7-9-15(21-2)10-8-12)19-17(20)13-5-4-6-14(18)11-13/h4-11,16H,3H2,1-2H3,(H,19,20)/t16-/m1/s1. The minimum absolute atomic E-state index is 0.00118. The zero-order chi connectivity index (χ0) is 15.2. The molecule has 0 aromatic heterocycles. The number of hydrogen-bond acceptors (Lipinski definition) is 2. The molecule has 0 bridgehead atoms. The van der Waals surface area contributed by atoms with Gasteiger partial charge in [0.05, 0.1) is 13.2 Å². The van der Waals surface area contributed by atoms with Crippen LogP contribution in [-0.4, -0.2) is 13.0 Å². The van der Waals surface area contributed by atoms with Crippen LogP contribution in [0.5, 0.6) is 5.75 Å². The van der Waals surface area contributed by atoms with Gasteiger partial charge in [0.2, 0.25) is 0 Å². The van der Waals surface area contributed by atoms with Crippen LogP contribution in [0.25, 0.3) is 0 Å². The van der Waals surface area contributed by atoms with Crippen molar-refractivity contribution in [3.8, 4) is 5.75 Å². The quantitative estimate of drug-likeness (QED) is 0.772. The Morgan fingerprint density at radius 2 is 1.95 bits per heavy atom. The Bertz CT molecular complexity index is 610. The van der Waals surface area contributed by atoms with Gasteiger partial charge < -0.3 is 10.1 Å². The maximum Gasteiger partial charge on any atom is 0.251 e. The highest BCUT2D eigenvalue weighted by Gasteiger charge is 2.14. The number of rotatable bonds is 5. The number of carbonyl (C=O) groups excluding carboxylic acids is 1. The second-order valence-electron chi connectivity index (χ2n) is 4.72. The van der Waals surface area contributed by atoms with Crippen LogP contribution < -0.4 is 10.1 Å². The summed E-state index contributed by atoms with van der Waals surface area (Å²) in [6, 6.07) is 15.4. The van der Waals surface area contributed by atoms with Gasteiger partial charge in [-0.2, -0.15) is 0 Å². The fraction of sp³-hybridized carbons (Fsp3) is 0.235. The summed E-state index contributed by atoms with van der Waals surface area (Å²) in [4.78, 5) is 12.3. The summed E-state index contributed by atoms with van der Waals surface area (Å²) in [6.45, 7) is 2.06. The van der Waals surface area contributed by atoms with Gasteiger partial charge in [-0.05, 0) is 64.9 Å². The minimum atomic E-state index is -0.0452. The Hall–Kier alpha value is -1.56. The van der Waals surface area contributed by atoms with E-state index in [2.05, 4.69) is 34.8 Å². The summed E-state index contributed by atoms with van der Waals surface area (Å²) < 4.78 is 6.21. The third-order valence-electron chi connectivity index (χ3n) is 3.32. The van der Waals surface area contributed by atoms with Crippen LogP contribution in [0, 0.1) is 3.57 Å². The molecule has 0 aliphatic rings. The molecule has 2 aromatic carbocycles. The van der Waals surface area contributed by atoms with Crippen molar-refractivity contribution in [3.05, 3.63) is 63.2 Å². The molecule has 0 aliphatic heterocycles. The Kier molecular flexibility index (Phi) is 5.61. The number of hydrogen-bond donors (Lipinski definition) is 1. The van der Waals surface area contributed by atoms with E-state index in [1.54, 1.807) is 7.11 Å². The molecule has 0 aliphatic carbocycles. The van der Waals surface area contributed by atoms with Crippen LogP contribution >= 0.6 is 22.6 Å². The molecule has 0 fully saturated rings. The van der Waals surface area contributed by atoms with E-state index in [0.717, 1.165) is 21.3 Å². The number of nitrogens with one attached hydrogen (secondary N) is 1. The van der Waals surface area contributed by atoms with Gasteiger partial charge in [-0.1, -0.05) is 25.1 Å². The van der Waals surface area contributed by atoms with Crippen LogP contribution in [-0.2, 0) is 0 Å². The fourth-order valence-corrected chi connectivity index (χ4v) is 2.67. The van der Waals surface area contributed by atoms with Crippen molar-refractivity contribution in [2.45, 2.75) is 19.4 Å². The third-order valence-corrected chi connectivity index (χ3v) is 3.99. The molecule has 0 spiro atoms. The summed E-state index contributed by atoms with van der Waals surface area (Å²) in [6.07, 6.45) is 0.835. The Labute approximate surface area is 138 Å². The molecule has 110 valence electrons. The first-order chi connectivity index (χ1) is 10.1. The van der Waals surface area contributed by atoms with Gasteiger partial charge in [-0.3, -0.25) is 4.79 Å². The van der Waals surface area contributed by atoms with Crippen molar-refractivity contribution >= 4 is 28.5 Å². The molecule has 2 aromatic rings. The largest absolute Gasteiger partial charge is 0.497 e. The van der Waals surface area contributed by atoms with Crippen LogP contribution in [0.3, 0.4) is 0 Å². The molecule has 0 unspecified atom stereocenters. The molecule has 0 heterocycles. The van der Waals surface area contributed by atoms with Gasteiger partial charge in [-0.15, -0.1) is 0 Å². The lowest BCUT2D eigenvalue weighted by atomic mass is 10.0. The average molecular weight is 395 g/mol. The Morgan fingerprint density at radius 1 is 1.24 bits per heavy atom. The summed E-state index contributed by atoms with van der Waals surface area (Å²) in [5.74, 6) is 0.772. The first-order valence-electron chi connectivity index (χ1n) is 6.84. The molecule has 0 saturated heterocycles. The van der Waals surface area contributed by atoms with Crippen LogP contribution in [0.2, 0.25) is 0 Å². The van der Waals surface area contributed by atoms with Crippen molar-refractivity contribution in [1.82, 2.24) is 5.32 Å². The Balaban J connectivity index is 2.12. The highest BCUT2D eigenvalue weighted by molar-refractivity contribution is 14.1. The zero-order valence-corrected chi connectivity index (χ0v) is 14.3. The second-order valence-corrected chi connectivity index (χ2v) is 5.96. The van der Waals surface area contributed by atoms with Crippen LogP contribution in [0.15, 0.2) is 48.5 Å². The second kappa shape index (κ2) is 7.45. The smallest absolute Gasteiger partial charge is 0.251 e. The van der Waals surface area contributed by atoms with E-state index in [0.29, 0.717) is 5.56 Å². The van der Waals surface area contributed by atoms with E-state index in [-0.39, 0.29) is 11.9 Å². The van der Waals surface area contributed by atoms with Crippen molar-refractivity contribution in [2.75, 3.05) is 7.11 Å². The molecule has 1 amide bonds. The molecule has 1 atom stereocenters. The van der Waals surface area contributed by atoms with E-state index < -0.39 is 0 Å². The fourth-order valence-electron chi connectivity index (χ4n) is 2.13. The van der Waals surface area contributed by atoms with Crippen molar-refractivity contribution in [1.29, 1.82) is 0 Å². The van der Waals surface area contributed by atoms with Crippen molar-refractivity contribution in [3.63, 3.8) is 0 Å². The summed E-state index contributed by atoms with van der Waals surface area (Å²) >= 11 is 2.21. The van der Waals surface area contributed by atoms with Crippen LogP contribution in [0.1, 0.15) is 35.3 Å². The number of carbonyl (C=O) groups is 1. The topological polar surface area (TPSA) is 38.3 Å². The monoisotopic (exact) mass is 395 g/mol. The lowest BCUT2D eigenvalue weighted by Crippen LogP contribution is -2.28. The number of halogens is 1. The third kappa shape index (κ3) is 4.20. The van der Waals surface area contributed by atoms with Crippen LogP contribution in [0.4, 0.5) is 0 Å². The number of methoxy groups -OCH3 is 1. The van der Waals surface area contributed by atoms with Crippen molar-refractivity contribution in [2.24, 2.45) is 0 Å². The highest BCUT2D eigenvalue weighted by Crippen LogP contribution is 2.20. The normalized spacial score (nSPS) is 11.8. The molecule has 4 heteroatoms. The molecule has 0 radical (unpaired) electrons. The van der Waals surface area contributed by atoms with Gasteiger partial charge in [0.15, 0.2) is 0 Å². The van der Waals surface area contributed by atoms with E-state index >= 15 is 0 Å². The zero-order valence-electron chi connectivity index (χ0n) is 12.1. The van der Waals surface area contributed by atoms with E-state index in [1.165, 1.54) is 0 Å². The first-order valence-corrected chi connectivity index (χ1v) is 7.92. The SMILES string of the molecule is CC[C@@H](NC(=O)c1cccc(I)c1)c1ccc(OC)cc1. The highest BCUT2D eigenvalue weighted by atomic mass is 127. The van der Waals surface area contributed by atoms with Gasteiger partial charge >= 0.3 is 0 Å². The molecular weight excluding hydrogens is 377 g/mol. The van der Waals surface area contributed by atoms with E-state index in [4.69, 9.17) is 4.74 Å². The van der Waals surface area contributed by atoms with Gasteiger partial charge in [0, 0.05) is 9.13 Å². The maximum absolute atomic E-state index is 12.3. The summed E-state index contributed by atoms with van der Waals surface area (Å²) in [5, 5.41) is 3.08. The number of ether oxygens (including phenoxy) is 1. The predicted molar refractivity (Wildman–Crippen MR) is 92.7 cm³/mol. The molecule has 3 nitrogen and oxygen atoms in total. The molecule has 2 rings (SSSR count). The van der Waals surface area contributed by atoms with Crippen molar-refractivity contribution < 1.29 is 9.53 Å². The summed E-state index contributed by atoms with van der Waals surface area (Å²) in [5.41, 5.74) is 1.77. The molecule has 1 N–H and O–H groups in total. The Morgan fingerprint density at radius 3 is 2.52 bits per heavy atom. The maximum atomic E-state index is 12.3. The lowest BCUT2D eigenvalue weighted by molar-refractivity contribution is 0.0935. The first kappa shape index (κ1) is 15.8. The summed E-state index contributed by atoms with van der Waals surface area (Å²) in [7, 11) is 1.64. The van der Waals surface area contributed by atoms with Gasteiger partial charge in [-0.25, -0.2) is 0 Å². The predicted octanol–water partition coefficient (Wildman–Crippen LogP) is 4.18. The number of benzene rings is 2. The molecule has 0 saturated carbocycles. The number of amides is 1. The lowest BCUT2D eigenvalue weighted by Gasteiger charge is -2.18. The van der Waals surface area contributed by atoms with E-state index in [1.807, 2.05) is 48.5 Å². The minimum Gasteiger partial charge on any atom is -0.497 e. The van der Waals surface area contributed by atoms with Gasteiger partial charge in [0.1, 0.15) is 5.75 Å². The van der Waals surface area contributed by atoms with E-state index in [9.17, 15) is 4.79 Å². The molecular formula is C17H18INO2. The molecule has 21 heavy (non-hydrogen) atoms. The van der Waals surface area contributed by atoms with Gasteiger partial charge in [0.25, 0.3) is 5.91 Å².